The van der Waals surface area contributed by atoms with Gasteiger partial charge in [0.05, 0.1) is 18.7 Å². The Morgan fingerprint density at radius 2 is 2.29 bits per heavy atom. The Kier molecular flexibility index (Phi) is 5.64. The number of rotatable bonds is 3. The zero-order valence-corrected chi connectivity index (χ0v) is 8.71. The molecular formula is C9H13ClN2O2. The van der Waals surface area contributed by atoms with Gasteiger partial charge in [0.2, 0.25) is 0 Å². The van der Waals surface area contributed by atoms with Crippen LogP contribution in [0.4, 0.5) is 5.82 Å². The summed E-state index contributed by atoms with van der Waals surface area (Å²) < 4.78 is 4.77. The molecule has 1 aromatic rings. The lowest BCUT2D eigenvalue weighted by molar-refractivity contribution is -0.142. The fourth-order valence-corrected chi connectivity index (χ4v) is 0.956. The summed E-state index contributed by atoms with van der Waals surface area (Å²) in [5.74, 6) is 0.141. The molecular weight excluding hydrogens is 204 g/mol. The average Bonchev–Trinajstić information content (AvgIpc) is 2.04. The number of pyridine rings is 1. The molecule has 1 aromatic heterocycles. The molecule has 0 amide bonds. The van der Waals surface area contributed by atoms with Crippen molar-refractivity contribution < 1.29 is 9.53 Å². The normalized spacial score (nSPS) is 8.93. The number of nitrogens with two attached hydrogens (primary N) is 1. The van der Waals surface area contributed by atoms with Gasteiger partial charge in [-0.25, -0.2) is 4.98 Å². The fourth-order valence-electron chi connectivity index (χ4n) is 0.956. The van der Waals surface area contributed by atoms with E-state index in [0.717, 1.165) is 0 Å². The van der Waals surface area contributed by atoms with Crippen LogP contribution in [0.15, 0.2) is 18.2 Å². The molecule has 0 bridgehead atoms. The summed E-state index contributed by atoms with van der Waals surface area (Å²) in [5.41, 5.74) is 6.08. The molecule has 78 valence electrons. The molecule has 0 saturated heterocycles. The number of nitrogens with zero attached hydrogens (tertiary/aromatic N) is 1. The highest BCUT2D eigenvalue weighted by Gasteiger charge is 2.04. The molecule has 0 spiro atoms. The largest absolute Gasteiger partial charge is 0.466 e. The van der Waals surface area contributed by atoms with Gasteiger partial charge in [-0.2, -0.15) is 0 Å². The highest BCUT2D eigenvalue weighted by atomic mass is 35.5. The first-order chi connectivity index (χ1) is 6.22. The van der Waals surface area contributed by atoms with E-state index in [2.05, 4.69) is 4.98 Å². The Labute approximate surface area is 88.9 Å². The van der Waals surface area contributed by atoms with Crippen molar-refractivity contribution in [2.75, 3.05) is 12.3 Å². The molecule has 0 saturated carbocycles. The van der Waals surface area contributed by atoms with Gasteiger partial charge in [-0.05, 0) is 19.1 Å². The Morgan fingerprint density at radius 3 is 2.86 bits per heavy atom. The third kappa shape index (κ3) is 4.09. The summed E-state index contributed by atoms with van der Waals surface area (Å²) in [7, 11) is 0. The molecule has 0 fully saturated rings. The minimum atomic E-state index is -0.277. The van der Waals surface area contributed by atoms with E-state index >= 15 is 0 Å². The van der Waals surface area contributed by atoms with Crippen molar-refractivity contribution in [3.05, 3.63) is 23.9 Å². The van der Waals surface area contributed by atoms with Crippen molar-refractivity contribution in [1.29, 1.82) is 0 Å². The van der Waals surface area contributed by atoms with Crippen LogP contribution in [-0.2, 0) is 16.0 Å². The van der Waals surface area contributed by atoms with Crippen molar-refractivity contribution in [2.24, 2.45) is 0 Å². The molecule has 0 radical (unpaired) electrons. The molecule has 14 heavy (non-hydrogen) atoms. The van der Waals surface area contributed by atoms with E-state index < -0.39 is 0 Å². The predicted octanol–water partition coefficient (Wildman–Crippen LogP) is 1.19. The molecule has 4 nitrogen and oxygen atoms in total. The molecule has 0 atom stereocenters. The van der Waals surface area contributed by atoms with E-state index in [1.807, 2.05) is 0 Å². The van der Waals surface area contributed by atoms with Crippen molar-refractivity contribution in [1.82, 2.24) is 4.98 Å². The number of hydrogen-bond acceptors (Lipinski definition) is 4. The smallest absolute Gasteiger partial charge is 0.311 e. The highest BCUT2D eigenvalue weighted by molar-refractivity contribution is 5.85. The van der Waals surface area contributed by atoms with E-state index in [9.17, 15) is 4.79 Å². The van der Waals surface area contributed by atoms with E-state index in [1.54, 1.807) is 25.1 Å². The van der Waals surface area contributed by atoms with Gasteiger partial charge in [-0.1, -0.05) is 6.07 Å². The van der Waals surface area contributed by atoms with E-state index in [1.165, 1.54) is 0 Å². The number of ether oxygens (including phenoxy) is 1. The number of esters is 1. The van der Waals surface area contributed by atoms with Crippen molar-refractivity contribution >= 4 is 24.2 Å². The minimum Gasteiger partial charge on any atom is -0.466 e. The Morgan fingerprint density at radius 1 is 1.57 bits per heavy atom. The lowest BCUT2D eigenvalue weighted by atomic mass is 10.3. The number of anilines is 1. The zero-order valence-electron chi connectivity index (χ0n) is 7.90. The van der Waals surface area contributed by atoms with Gasteiger partial charge in [0, 0.05) is 0 Å². The van der Waals surface area contributed by atoms with E-state index in [-0.39, 0.29) is 24.8 Å². The first-order valence-corrected chi connectivity index (χ1v) is 4.09. The first-order valence-electron chi connectivity index (χ1n) is 4.09. The van der Waals surface area contributed by atoms with Crippen LogP contribution in [0, 0.1) is 0 Å². The summed E-state index contributed by atoms with van der Waals surface area (Å²) in [6.45, 7) is 2.16. The third-order valence-electron chi connectivity index (χ3n) is 1.46. The Balaban J connectivity index is 0.00000169. The van der Waals surface area contributed by atoms with Crippen LogP contribution in [-0.4, -0.2) is 17.6 Å². The second-order valence-electron chi connectivity index (χ2n) is 2.54. The van der Waals surface area contributed by atoms with Crippen LogP contribution >= 0.6 is 12.4 Å². The summed E-state index contributed by atoms with van der Waals surface area (Å²) >= 11 is 0. The maximum Gasteiger partial charge on any atom is 0.311 e. The minimum absolute atomic E-state index is 0. The van der Waals surface area contributed by atoms with Gasteiger partial charge >= 0.3 is 5.97 Å². The van der Waals surface area contributed by atoms with Crippen LogP contribution in [0.5, 0.6) is 0 Å². The number of carbonyl (C=O) groups is 1. The topological polar surface area (TPSA) is 65.2 Å². The second-order valence-corrected chi connectivity index (χ2v) is 2.54. The summed E-state index contributed by atoms with van der Waals surface area (Å²) in [6.07, 6.45) is 0.179. The van der Waals surface area contributed by atoms with Gasteiger partial charge in [-0.3, -0.25) is 4.79 Å². The van der Waals surface area contributed by atoms with Crippen LogP contribution in [0.25, 0.3) is 0 Å². The molecule has 0 aliphatic heterocycles. The molecule has 1 heterocycles. The first kappa shape index (κ1) is 12.7. The molecule has 1 rings (SSSR count). The number of nitrogen functional groups attached to an aromatic ring is 1. The molecule has 0 unspecified atom stereocenters. The van der Waals surface area contributed by atoms with Crippen LogP contribution in [0.3, 0.4) is 0 Å². The predicted molar refractivity (Wildman–Crippen MR) is 56.2 cm³/mol. The summed E-state index contributed by atoms with van der Waals surface area (Å²) in [4.78, 5) is 15.0. The Hall–Kier alpha value is -1.29. The number of halogens is 1. The van der Waals surface area contributed by atoms with Crippen LogP contribution < -0.4 is 5.73 Å². The zero-order chi connectivity index (χ0) is 9.68. The summed E-state index contributed by atoms with van der Waals surface area (Å²) in [5, 5.41) is 0. The van der Waals surface area contributed by atoms with Gasteiger partial charge in [0.15, 0.2) is 0 Å². The molecule has 2 N–H and O–H groups in total. The molecule has 0 aromatic carbocycles. The monoisotopic (exact) mass is 216 g/mol. The van der Waals surface area contributed by atoms with Gasteiger partial charge in [-0.15, -0.1) is 12.4 Å². The van der Waals surface area contributed by atoms with Crippen molar-refractivity contribution in [3.63, 3.8) is 0 Å². The third-order valence-corrected chi connectivity index (χ3v) is 1.46. The lowest BCUT2D eigenvalue weighted by Gasteiger charge is -2.01. The number of aromatic nitrogens is 1. The lowest BCUT2D eigenvalue weighted by Crippen LogP contribution is -2.09. The summed E-state index contributed by atoms with van der Waals surface area (Å²) in [6, 6.07) is 5.18. The van der Waals surface area contributed by atoms with E-state index in [0.29, 0.717) is 18.1 Å². The number of hydrogen-bond donors (Lipinski definition) is 1. The fraction of sp³-hybridized carbons (Fsp3) is 0.333. The maximum absolute atomic E-state index is 11.0. The van der Waals surface area contributed by atoms with Gasteiger partial charge in [0.25, 0.3) is 0 Å². The van der Waals surface area contributed by atoms with E-state index in [4.69, 9.17) is 10.5 Å². The van der Waals surface area contributed by atoms with Crippen LogP contribution in [0.2, 0.25) is 0 Å². The van der Waals surface area contributed by atoms with Crippen molar-refractivity contribution in [3.8, 4) is 0 Å². The molecule has 0 aliphatic rings. The average molecular weight is 217 g/mol. The van der Waals surface area contributed by atoms with Crippen molar-refractivity contribution in [2.45, 2.75) is 13.3 Å². The highest BCUT2D eigenvalue weighted by Crippen LogP contribution is 2.01. The van der Waals surface area contributed by atoms with Gasteiger partial charge in [0.1, 0.15) is 5.82 Å². The maximum atomic E-state index is 11.0. The van der Waals surface area contributed by atoms with Crippen LogP contribution in [0.1, 0.15) is 12.6 Å². The number of carbonyl (C=O) groups excluding carboxylic acids is 1. The molecule has 5 heteroatoms. The Bertz CT molecular complexity index is 305. The SMILES string of the molecule is CCOC(=O)Cc1cccc(N)n1.Cl. The standard InChI is InChI=1S/C9H12N2O2.ClH/c1-2-13-9(12)6-7-4-3-5-8(10)11-7;/h3-5H,2,6H2,1H3,(H2,10,11);1H. The van der Waals surface area contributed by atoms with Gasteiger partial charge < -0.3 is 10.5 Å². The second kappa shape index (κ2) is 6.21. The molecule has 0 aliphatic carbocycles. The quantitative estimate of drug-likeness (QED) is 0.771.